The Labute approximate surface area is 187 Å². The molecule has 3 amide bonds. The highest BCUT2D eigenvalue weighted by atomic mass is 16.2. The summed E-state index contributed by atoms with van der Waals surface area (Å²) in [5.41, 5.74) is 4.06. The summed E-state index contributed by atoms with van der Waals surface area (Å²) >= 11 is 0. The Hall–Kier alpha value is -4.13. The Morgan fingerprint density at radius 3 is 2.06 bits per heavy atom. The smallest absolute Gasteiger partial charge is 0.255 e. The van der Waals surface area contributed by atoms with Gasteiger partial charge < -0.3 is 21.3 Å². The molecule has 0 saturated heterocycles. The predicted molar refractivity (Wildman–Crippen MR) is 127 cm³/mol. The van der Waals surface area contributed by atoms with E-state index in [4.69, 9.17) is 0 Å². The van der Waals surface area contributed by atoms with Crippen molar-refractivity contribution in [3.8, 4) is 0 Å². The molecule has 164 valence electrons. The molecule has 0 aliphatic carbocycles. The molecule has 0 unspecified atom stereocenters. The maximum Gasteiger partial charge on any atom is 0.255 e. The molecule has 0 atom stereocenters. The zero-order valence-electron chi connectivity index (χ0n) is 18.1. The van der Waals surface area contributed by atoms with Gasteiger partial charge in [0.1, 0.15) is 0 Å². The minimum atomic E-state index is -0.241. The molecular weight excluding hydrogens is 404 g/mol. The van der Waals surface area contributed by atoms with Gasteiger partial charge in [-0.25, -0.2) is 0 Å². The number of amides is 3. The second kappa shape index (κ2) is 10.8. The Morgan fingerprint density at radius 2 is 1.38 bits per heavy atom. The quantitative estimate of drug-likeness (QED) is 0.433. The monoisotopic (exact) mass is 430 g/mol. The average molecular weight is 431 g/mol. The van der Waals surface area contributed by atoms with Gasteiger partial charge in [-0.2, -0.15) is 0 Å². The first kappa shape index (κ1) is 22.6. The summed E-state index contributed by atoms with van der Waals surface area (Å²) < 4.78 is 0. The number of nitrogens with one attached hydrogen (secondary N) is 4. The highest BCUT2D eigenvalue weighted by Gasteiger charge is 2.08. The second-order valence-electron chi connectivity index (χ2n) is 7.24. The number of carbonyl (C=O) groups excluding carboxylic acids is 3. The summed E-state index contributed by atoms with van der Waals surface area (Å²) in [5, 5.41) is 11.4. The van der Waals surface area contributed by atoms with E-state index in [1.165, 1.54) is 0 Å². The summed E-state index contributed by atoms with van der Waals surface area (Å²) in [4.78, 5) is 36.5. The maximum absolute atomic E-state index is 12.3. The number of carbonyl (C=O) groups is 3. The highest BCUT2D eigenvalue weighted by Crippen LogP contribution is 2.15. The molecule has 0 bridgehead atoms. The molecule has 0 aliphatic rings. The summed E-state index contributed by atoms with van der Waals surface area (Å²) in [7, 11) is 0. The first-order chi connectivity index (χ1) is 15.4. The summed E-state index contributed by atoms with van der Waals surface area (Å²) in [6, 6.07) is 21.3. The van der Waals surface area contributed by atoms with E-state index in [-0.39, 0.29) is 24.3 Å². The van der Waals surface area contributed by atoms with Crippen molar-refractivity contribution >= 4 is 34.8 Å². The topological polar surface area (TPSA) is 99.3 Å². The summed E-state index contributed by atoms with van der Waals surface area (Å²) in [6.45, 7) is 4.38. The van der Waals surface area contributed by atoms with Gasteiger partial charge in [0.2, 0.25) is 5.91 Å². The third kappa shape index (κ3) is 6.43. The van der Waals surface area contributed by atoms with Gasteiger partial charge in [0, 0.05) is 34.7 Å². The third-order valence-electron chi connectivity index (χ3n) is 4.62. The van der Waals surface area contributed by atoms with Crippen LogP contribution in [-0.2, 0) is 4.79 Å². The summed E-state index contributed by atoms with van der Waals surface area (Å²) in [5.74, 6) is -0.602. The zero-order chi connectivity index (χ0) is 22.9. The van der Waals surface area contributed by atoms with Crippen molar-refractivity contribution in [1.29, 1.82) is 0 Å². The van der Waals surface area contributed by atoms with Crippen LogP contribution in [0.2, 0.25) is 0 Å². The van der Waals surface area contributed by atoms with Gasteiger partial charge in [-0.1, -0.05) is 23.8 Å². The van der Waals surface area contributed by atoms with Crippen LogP contribution in [0, 0.1) is 6.92 Å². The standard InChI is InChI=1S/C25H26N4O3/c1-3-26-24(31)19-8-5-9-22(15-19)28-23(30)16-27-20-10-12-21(13-11-20)29-25(32)18-7-4-6-17(2)14-18/h4-15,27H,3,16H2,1-2H3,(H,26,31)(H,28,30)(H,29,32). The number of anilines is 3. The van der Waals surface area contributed by atoms with Crippen LogP contribution in [-0.4, -0.2) is 30.8 Å². The fourth-order valence-electron chi connectivity index (χ4n) is 3.05. The Kier molecular flexibility index (Phi) is 7.59. The van der Waals surface area contributed by atoms with Crippen LogP contribution in [0.25, 0.3) is 0 Å². The zero-order valence-corrected chi connectivity index (χ0v) is 18.1. The molecule has 0 aliphatic heterocycles. The van der Waals surface area contributed by atoms with Crippen molar-refractivity contribution in [3.05, 3.63) is 89.5 Å². The normalized spacial score (nSPS) is 10.2. The SMILES string of the molecule is CCNC(=O)c1cccc(NC(=O)CNc2ccc(NC(=O)c3cccc(C)c3)cc2)c1. The number of aryl methyl sites for hydroxylation is 1. The Bertz CT molecular complexity index is 1110. The molecule has 7 nitrogen and oxygen atoms in total. The molecule has 3 aromatic rings. The van der Waals surface area contributed by atoms with Crippen LogP contribution < -0.4 is 21.3 Å². The average Bonchev–Trinajstić information content (AvgIpc) is 2.79. The molecule has 0 aromatic heterocycles. The largest absolute Gasteiger partial charge is 0.376 e. The number of hydrogen-bond donors (Lipinski definition) is 4. The minimum absolute atomic E-state index is 0.0559. The molecule has 4 N–H and O–H groups in total. The fourth-order valence-corrected chi connectivity index (χ4v) is 3.05. The molecule has 3 aromatic carbocycles. The highest BCUT2D eigenvalue weighted by molar-refractivity contribution is 6.04. The molecule has 3 rings (SSSR count). The fraction of sp³-hybridized carbons (Fsp3) is 0.160. The van der Waals surface area contributed by atoms with Crippen molar-refractivity contribution in [2.45, 2.75) is 13.8 Å². The van der Waals surface area contributed by atoms with Crippen LogP contribution in [0.4, 0.5) is 17.1 Å². The van der Waals surface area contributed by atoms with E-state index in [0.29, 0.717) is 29.0 Å². The van der Waals surface area contributed by atoms with Gasteiger partial charge in [-0.05, 0) is 68.4 Å². The second-order valence-corrected chi connectivity index (χ2v) is 7.24. The van der Waals surface area contributed by atoms with Gasteiger partial charge >= 0.3 is 0 Å². The maximum atomic E-state index is 12.3. The van der Waals surface area contributed by atoms with Crippen LogP contribution in [0.1, 0.15) is 33.2 Å². The Balaban J connectivity index is 1.51. The van der Waals surface area contributed by atoms with Crippen molar-refractivity contribution in [3.63, 3.8) is 0 Å². The molecule has 0 spiro atoms. The number of benzene rings is 3. The first-order valence-corrected chi connectivity index (χ1v) is 10.3. The van der Waals surface area contributed by atoms with Crippen LogP contribution in [0.15, 0.2) is 72.8 Å². The lowest BCUT2D eigenvalue weighted by molar-refractivity contribution is -0.114. The van der Waals surface area contributed by atoms with E-state index in [0.717, 1.165) is 11.3 Å². The molecule has 0 heterocycles. The van der Waals surface area contributed by atoms with E-state index in [2.05, 4.69) is 21.3 Å². The minimum Gasteiger partial charge on any atom is -0.376 e. The van der Waals surface area contributed by atoms with Gasteiger partial charge in [0.05, 0.1) is 6.54 Å². The van der Waals surface area contributed by atoms with Crippen LogP contribution in [0.5, 0.6) is 0 Å². The summed E-state index contributed by atoms with van der Waals surface area (Å²) in [6.07, 6.45) is 0. The molecule has 32 heavy (non-hydrogen) atoms. The van der Waals surface area contributed by atoms with Gasteiger partial charge in [0.25, 0.3) is 11.8 Å². The van der Waals surface area contributed by atoms with E-state index in [9.17, 15) is 14.4 Å². The lowest BCUT2D eigenvalue weighted by Crippen LogP contribution is -2.24. The molecule has 0 fully saturated rings. The number of rotatable bonds is 8. The van der Waals surface area contributed by atoms with E-state index in [1.807, 2.05) is 32.0 Å². The van der Waals surface area contributed by atoms with Crippen LogP contribution in [0.3, 0.4) is 0 Å². The Morgan fingerprint density at radius 1 is 0.719 bits per heavy atom. The van der Waals surface area contributed by atoms with E-state index in [1.54, 1.807) is 54.6 Å². The lowest BCUT2D eigenvalue weighted by atomic mass is 10.1. The van der Waals surface area contributed by atoms with Crippen molar-refractivity contribution in [1.82, 2.24) is 5.32 Å². The van der Waals surface area contributed by atoms with E-state index < -0.39 is 0 Å². The molecular formula is C25H26N4O3. The number of hydrogen-bond acceptors (Lipinski definition) is 4. The molecule has 0 radical (unpaired) electrons. The van der Waals surface area contributed by atoms with E-state index >= 15 is 0 Å². The molecule has 0 saturated carbocycles. The molecule has 7 heteroatoms. The van der Waals surface area contributed by atoms with Gasteiger partial charge in [-0.3, -0.25) is 14.4 Å². The first-order valence-electron chi connectivity index (χ1n) is 10.3. The van der Waals surface area contributed by atoms with Crippen LogP contribution >= 0.6 is 0 Å². The van der Waals surface area contributed by atoms with Gasteiger partial charge in [0.15, 0.2) is 0 Å². The van der Waals surface area contributed by atoms with Crippen molar-refractivity contribution < 1.29 is 14.4 Å². The van der Waals surface area contributed by atoms with Crippen molar-refractivity contribution in [2.24, 2.45) is 0 Å². The predicted octanol–water partition coefficient (Wildman–Crippen LogP) is 4.05. The van der Waals surface area contributed by atoms with Gasteiger partial charge in [-0.15, -0.1) is 0 Å². The lowest BCUT2D eigenvalue weighted by Gasteiger charge is -2.10. The van der Waals surface area contributed by atoms with Crippen molar-refractivity contribution in [2.75, 3.05) is 29.0 Å². The third-order valence-corrected chi connectivity index (χ3v) is 4.62.